The fourth-order valence-electron chi connectivity index (χ4n) is 1.91. The van der Waals surface area contributed by atoms with Gasteiger partial charge in [0.15, 0.2) is 0 Å². The van der Waals surface area contributed by atoms with Crippen molar-refractivity contribution in [3.8, 4) is 0 Å². The molecule has 2 aromatic rings. The van der Waals surface area contributed by atoms with E-state index in [1.54, 1.807) is 24.4 Å². The monoisotopic (exact) mass is 275 g/mol. The van der Waals surface area contributed by atoms with Gasteiger partial charge in [0.25, 0.3) is 5.69 Å². The Morgan fingerprint density at radius 3 is 2.80 bits per heavy atom. The average Bonchev–Trinajstić information content (AvgIpc) is 2.43. The molecule has 0 saturated carbocycles. The first-order valence-corrected chi connectivity index (χ1v) is 6.44. The van der Waals surface area contributed by atoms with E-state index in [-0.39, 0.29) is 11.6 Å². The zero-order chi connectivity index (χ0) is 14.7. The highest BCUT2D eigenvalue weighted by Gasteiger charge is 2.16. The summed E-state index contributed by atoms with van der Waals surface area (Å²) in [5, 5.41) is 24.4. The number of nitrogens with one attached hydrogen (secondary N) is 1. The molecule has 0 saturated heterocycles. The summed E-state index contributed by atoms with van der Waals surface area (Å²) in [6, 6.07) is 6.42. The molecule has 0 bridgehead atoms. The summed E-state index contributed by atoms with van der Waals surface area (Å²) in [4.78, 5) is 14.8. The Morgan fingerprint density at radius 2 is 2.15 bits per heavy atom. The van der Waals surface area contributed by atoms with Crippen LogP contribution in [0.1, 0.15) is 13.8 Å². The van der Waals surface area contributed by atoms with Crippen LogP contribution in [0.5, 0.6) is 0 Å². The molecule has 6 heteroatoms. The third-order valence-corrected chi connectivity index (χ3v) is 3.21. The van der Waals surface area contributed by atoms with E-state index in [1.165, 1.54) is 6.07 Å². The largest absolute Gasteiger partial charge is 0.391 e. The van der Waals surface area contributed by atoms with E-state index in [0.717, 1.165) is 0 Å². The summed E-state index contributed by atoms with van der Waals surface area (Å²) in [6.45, 7) is 4.23. The first kappa shape index (κ1) is 14.2. The Balaban J connectivity index is 2.36. The Kier molecular flexibility index (Phi) is 4.14. The molecule has 0 spiro atoms. The first-order valence-electron chi connectivity index (χ1n) is 6.44. The van der Waals surface area contributed by atoms with Crippen molar-refractivity contribution < 1.29 is 10.0 Å². The molecule has 20 heavy (non-hydrogen) atoms. The highest BCUT2D eigenvalue weighted by atomic mass is 16.6. The lowest BCUT2D eigenvalue weighted by Gasteiger charge is -2.16. The zero-order valence-corrected chi connectivity index (χ0v) is 11.4. The van der Waals surface area contributed by atoms with Gasteiger partial charge in [0.05, 0.1) is 22.1 Å². The molecule has 2 rings (SSSR count). The van der Waals surface area contributed by atoms with Crippen LogP contribution >= 0.6 is 0 Å². The van der Waals surface area contributed by atoms with Crippen LogP contribution in [0.25, 0.3) is 10.9 Å². The molecule has 0 radical (unpaired) electrons. The second kappa shape index (κ2) is 5.83. The van der Waals surface area contributed by atoms with Crippen molar-refractivity contribution in [2.75, 3.05) is 11.9 Å². The van der Waals surface area contributed by atoms with E-state index in [2.05, 4.69) is 10.3 Å². The second-order valence-corrected chi connectivity index (χ2v) is 4.98. The molecular weight excluding hydrogens is 258 g/mol. The van der Waals surface area contributed by atoms with Crippen molar-refractivity contribution >= 4 is 22.3 Å². The van der Waals surface area contributed by atoms with Crippen LogP contribution in [0.15, 0.2) is 30.5 Å². The van der Waals surface area contributed by atoms with Gasteiger partial charge < -0.3 is 10.4 Å². The van der Waals surface area contributed by atoms with Gasteiger partial charge in [0.1, 0.15) is 5.52 Å². The number of aromatic nitrogens is 1. The standard InChI is InChI=1S/C14H17N3O3/c1-9(2)13(18)8-16-11-5-6-12(17(19)20)10-4-3-7-15-14(10)11/h3-7,9,13,16,18H,8H2,1-2H3. The van der Waals surface area contributed by atoms with Gasteiger partial charge in [-0.15, -0.1) is 0 Å². The topological polar surface area (TPSA) is 88.3 Å². The Bertz CT molecular complexity index is 628. The maximum Gasteiger partial charge on any atom is 0.278 e. The smallest absolute Gasteiger partial charge is 0.278 e. The third kappa shape index (κ3) is 2.85. The van der Waals surface area contributed by atoms with Gasteiger partial charge in [-0.2, -0.15) is 0 Å². The summed E-state index contributed by atoms with van der Waals surface area (Å²) in [5.74, 6) is 0.139. The fraction of sp³-hybridized carbons (Fsp3) is 0.357. The van der Waals surface area contributed by atoms with Gasteiger partial charge in [-0.25, -0.2) is 0 Å². The molecule has 6 nitrogen and oxygen atoms in total. The zero-order valence-electron chi connectivity index (χ0n) is 11.4. The summed E-state index contributed by atoms with van der Waals surface area (Å²) in [6.07, 6.45) is 1.11. The lowest BCUT2D eigenvalue weighted by molar-refractivity contribution is -0.383. The van der Waals surface area contributed by atoms with Crippen molar-refractivity contribution in [2.24, 2.45) is 5.92 Å². The van der Waals surface area contributed by atoms with E-state index in [4.69, 9.17) is 0 Å². The Morgan fingerprint density at radius 1 is 1.40 bits per heavy atom. The molecule has 1 unspecified atom stereocenters. The number of aliphatic hydroxyl groups excluding tert-OH is 1. The number of nitro benzene ring substituents is 1. The highest BCUT2D eigenvalue weighted by molar-refractivity contribution is 5.96. The van der Waals surface area contributed by atoms with E-state index in [0.29, 0.717) is 23.1 Å². The van der Waals surface area contributed by atoms with Gasteiger partial charge in [-0.3, -0.25) is 15.1 Å². The van der Waals surface area contributed by atoms with Gasteiger partial charge in [0.2, 0.25) is 0 Å². The Labute approximate surface area is 116 Å². The quantitative estimate of drug-likeness (QED) is 0.646. The number of nitro groups is 1. The number of non-ortho nitro benzene ring substituents is 1. The number of nitrogens with zero attached hydrogens (tertiary/aromatic N) is 2. The number of hydrogen-bond acceptors (Lipinski definition) is 5. The Hall–Kier alpha value is -2.21. The van der Waals surface area contributed by atoms with Crippen molar-refractivity contribution in [1.29, 1.82) is 0 Å². The minimum Gasteiger partial charge on any atom is -0.391 e. The maximum atomic E-state index is 11.0. The molecule has 106 valence electrons. The van der Waals surface area contributed by atoms with E-state index < -0.39 is 11.0 Å². The molecule has 2 N–H and O–H groups in total. The number of fused-ring (bicyclic) bond motifs is 1. The average molecular weight is 275 g/mol. The SMILES string of the molecule is CC(C)C(O)CNc1ccc([N+](=O)[O-])c2cccnc12. The van der Waals surface area contributed by atoms with Crippen molar-refractivity contribution in [1.82, 2.24) is 4.98 Å². The fourth-order valence-corrected chi connectivity index (χ4v) is 1.91. The van der Waals surface area contributed by atoms with E-state index >= 15 is 0 Å². The van der Waals surface area contributed by atoms with Gasteiger partial charge in [-0.1, -0.05) is 13.8 Å². The lowest BCUT2D eigenvalue weighted by Crippen LogP contribution is -2.24. The number of pyridine rings is 1. The number of benzene rings is 1. The van der Waals surface area contributed by atoms with Crippen LogP contribution in [0.3, 0.4) is 0 Å². The number of anilines is 1. The maximum absolute atomic E-state index is 11.0. The highest BCUT2D eigenvalue weighted by Crippen LogP contribution is 2.29. The summed E-state index contributed by atoms with van der Waals surface area (Å²) in [5.41, 5.74) is 1.26. The van der Waals surface area contributed by atoms with E-state index in [1.807, 2.05) is 13.8 Å². The number of rotatable bonds is 5. The second-order valence-electron chi connectivity index (χ2n) is 4.98. The van der Waals surface area contributed by atoms with Crippen LogP contribution in [0.4, 0.5) is 11.4 Å². The first-order chi connectivity index (χ1) is 9.50. The summed E-state index contributed by atoms with van der Waals surface area (Å²) in [7, 11) is 0. The third-order valence-electron chi connectivity index (χ3n) is 3.21. The molecule has 0 amide bonds. The van der Waals surface area contributed by atoms with Crippen LogP contribution < -0.4 is 5.32 Å². The van der Waals surface area contributed by atoms with Crippen LogP contribution in [0, 0.1) is 16.0 Å². The van der Waals surface area contributed by atoms with Gasteiger partial charge >= 0.3 is 0 Å². The molecule has 1 aromatic carbocycles. The summed E-state index contributed by atoms with van der Waals surface area (Å²) >= 11 is 0. The lowest BCUT2D eigenvalue weighted by atomic mass is 10.1. The van der Waals surface area contributed by atoms with Crippen molar-refractivity contribution in [3.05, 3.63) is 40.6 Å². The molecule has 1 aromatic heterocycles. The normalized spacial score (nSPS) is 12.6. The van der Waals surface area contributed by atoms with Crippen molar-refractivity contribution in [3.63, 3.8) is 0 Å². The molecule has 0 aliphatic carbocycles. The summed E-state index contributed by atoms with van der Waals surface area (Å²) < 4.78 is 0. The van der Waals surface area contributed by atoms with Gasteiger partial charge in [0, 0.05) is 18.8 Å². The van der Waals surface area contributed by atoms with Crippen LogP contribution in [0.2, 0.25) is 0 Å². The van der Waals surface area contributed by atoms with E-state index in [9.17, 15) is 15.2 Å². The van der Waals surface area contributed by atoms with Crippen molar-refractivity contribution in [2.45, 2.75) is 20.0 Å². The number of hydrogen-bond donors (Lipinski definition) is 2. The van der Waals surface area contributed by atoms with Crippen LogP contribution in [-0.4, -0.2) is 27.7 Å². The molecular formula is C14H17N3O3. The molecule has 1 heterocycles. The predicted octanol–water partition coefficient (Wildman–Crippen LogP) is 2.57. The van der Waals surface area contributed by atoms with Crippen LogP contribution in [-0.2, 0) is 0 Å². The molecule has 0 aliphatic heterocycles. The predicted molar refractivity (Wildman–Crippen MR) is 77.7 cm³/mol. The van der Waals surface area contributed by atoms with Gasteiger partial charge in [-0.05, 0) is 24.1 Å². The molecule has 1 atom stereocenters. The number of aliphatic hydroxyl groups is 1. The molecule has 0 fully saturated rings. The molecule has 0 aliphatic rings. The minimum absolute atomic E-state index is 0.0306. The minimum atomic E-state index is -0.482.